The standard InChI is InChI=1S/C26H28N2O7/c1-3-16-35-21-10-6-19(7-11-21)28-24(30)17-22(26(28)33)27(23(29)12-13-25(31)32)15-14-18-4-8-20(34-2)9-5-18/h4-13,22H,3,14-17H2,1-2H3,(H,31,32)/b13-12-/t22-/m1/s1. The number of carbonyl (C=O) groups is 4. The molecule has 0 aliphatic carbocycles. The number of carbonyl (C=O) groups excluding carboxylic acids is 3. The molecule has 2 aromatic rings. The van der Waals surface area contributed by atoms with Crippen LogP contribution in [-0.2, 0) is 25.6 Å². The van der Waals surface area contributed by atoms with Crippen molar-refractivity contribution in [3.05, 3.63) is 66.2 Å². The van der Waals surface area contributed by atoms with Crippen molar-refractivity contribution in [3.8, 4) is 11.5 Å². The third-order valence-corrected chi connectivity index (χ3v) is 5.52. The van der Waals surface area contributed by atoms with Crippen molar-refractivity contribution in [2.24, 2.45) is 0 Å². The van der Waals surface area contributed by atoms with Crippen LogP contribution in [0.4, 0.5) is 5.69 Å². The molecular formula is C26H28N2O7. The predicted molar refractivity (Wildman–Crippen MR) is 128 cm³/mol. The third kappa shape index (κ3) is 6.47. The SMILES string of the molecule is CCCOc1ccc(N2C(=O)C[C@@H](N(CCc3ccc(OC)cc3)C(=O)/C=C\C(=O)O)C2=O)cc1. The summed E-state index contributed by atoms with van der Waals surface area (Å²) in [6, 6.07) is 12.8. The van der Waals surface area contributed by atoms with E-state index >= 15 is 0 Å². The van der Waals surface area contributed by atoms with Gasteiger partial charge in [0.1, 0.15) is 17.5 Å². The summed E-state index contributed by atoms with van der Waals surface area (Å²) in [6.45, 7) is 2.66. The first kappa shape index (κ1) is 25.5. The summed E-state index contributed by atoms with van der Waals surface area (Å²) in [5.74, 6) is -1.60. The molecule has 0 spiro atoms. The lowest BCUT2D eigenvalue weighted by Crippen LogP contribution is -2.46. The minimum absolute atomic E-state index is 0.121. The molecule has 1 N–H and O–H groups in total. The molecule has 0 saturated carbocycles. The lowest BCUT2D eigenvalue weighted by Gasteiger charge is -2.26. The first-order chi connectivity index (χ1) is 16.8. The van der Waals surface area contributed by atoms with E-state index in [9.17, 15) is 19.2 Å². The number of carboxylic acid groups (broad SMARTS) is 1. The summed E-state index contributed by atoms with van der Waals surface area (Å²) in [5, 5.41) is 8.92. The Morgan fingerprint density at radius 1 is 1.06 bits per heavy atom. The van der Waals surface area contributed by atoms with Gasteiger partial charge in [-0.15, -0.1) is 0 Å². The van der Waals surface area contributed by atoms with Crippen LogP contribution in [0.3, 0.4) is 0 Å². The molecule has 1 fully saturated rings. The number of rotatable bonds is 11. The second kappa shape index (κ2) is 11.8. The van der Waals surface area contributed by atoms with E-state index in [4.69, 9.17) is 14.6 Å². The fourth-order valence-electron chi connectivity index (χ4n) is 3.74. The molecule has 1 atom stereocenters. The zero-order valence-corrected chi connectivity index (χ0v) is 19.7. The monoisotopic (exact) mass is 480 g/mol. The molecule has 1 saturated heterocycles. The molecular weight excluding hydrogens is 452 g/mol. The molecule has 0 radical (unpaired) electrons. The quantitative estimate of drug-likeness (QED) is 0.389. The van der Waals surface area contributed by atoms with Crippen LogP contribution < -0.4 is 14.4 Å². The first-order valence-electron chi connectivity index (χ1n) is 11.3. The summed E-state index contributed by atoms with van der Waals surface area (Å²) >= 11 is 0. The highest BCUT2D eigenvalue weighted by Gasteiger charge is 2.43. The van der Waals surface area contributed by atoms with Crippen molar-refractivity contribution in [1.29, 1.82) is 0 Å². The highest BCUT2D eigenvalue weighted by Crippen LogP contribution is 2.28. The molecule has 184 valence electrons. The third-order valence-electron chi connectivity index (χ3n) is 5.52. The second-order valence-electron chi connectivity index (χ2n) is 7.93. The molecule has 1 heterocycles. The number of hydrogen-bond donors (Lipinski definition) is 1. The van der Waals surface area contributed by atoms with Crippen molar-refractivity contribution >= 4 is 29.4 Å². The van der Waals surface area contributed by atoms with Crippen LogP contribution in [0.15, 0.2) is 60.7 Å². The van der Waals surface area contributed by atoms with E-state index < -0.39 is 29.7 Å². The molecule has 1 aliphatic heterocycles. The first-order valence-corrected chi connectivity index (χ1v) is 11.3. The van der Waals surface area contributed by atoms with E-state index in [0.29, 0.717) is 30.2 Å². The zero-order valence-electron chi connectivity index (χ0n) is 19.7. The van der Waals surface area contributed by atoms with Crippen molar-refractivity contribution in [1.82, 2.24) is 4.90 Å². The number of amides is 3. The highest BCUT2D eigenvalue weighted by molar-refractivity contribution is 6.23. The second-order valence-corrected chi connectivity index (χ2v) is 7.93. The lowest BCUT2D eigenvalue weighted by atomic mass is 10.1. The Balaban J connectivity index is 1.80. The molecule has 35 heavy (non-hydrogen) atoms. The maximum absolute atomic E-state index is 13.3. The van der Waals surface area contributed by atoms with Crippen molar-refractivity contribution in [2.45, 2.75) is 32.2 Å². The van der Waals surface area contributed by atoms with Gasteiger partial charge < -0.3 is 19.5 Å². The van der Waals surface area contributed by atoms with Gasteiger partial charge in [-0.3, -0.25) is 14.4 Å². The lowest BCUT2D eigenvalue weighted by molar-refractivity contribution is -0.135. The van der Waals surface area contributed by atoms with Gasteiger partial charge in [-0.1, -0.05) is 19.1 Å². The summed E-state index contributed by atoms with van der Waals surface area (Å²) in [6.07, 6.45) is 2.68. The van der Waals surface area contributed by atoms with Crippen LogP contribution in [0.2, 0.25) is 0 Å². The summed E-state index contributed by atoms with van der Waals surface area (Å²) in [4.78, 5) is 52.2. The van der Waals surface area contributed by atoms with Gasteiger partial charge in [-0.25, -0.2) is 9.69 Å². The largest absolute Gasteiger partial charge is 0.497 e. The topological polar surface area (TPSA) is 113 Å². The van der Waals surface area contributed by atoms with Crippen LogP contribution in [0.5, 0.6) is 11.5 Å². The molecule has 1 aliphatic rings. The van der Waals surface area contributed by atoms with E-state index in [1.165, 1.54) is 4.90 Å². The molecule has 0 unspecified atom stereocenters. The van der Waals surface area contributed by atoms with Crippen molar-refractivity contribution in [2.75, 3.05) is 25.2 Å². The minimum atomic E-state index is -1.28. The Morgan fingerprint density at radius 3 is 2.31 bits per heavy atom. The summed E-state index contributed by atoms with van der Waals surface area (Å²) in [7, 11) is 1.56. The average molecular weight is 481 g/mol. The Bertz CT molecular complexity index is 1090. The molecule has 3 amide bonds. The van der Waals surface area contributed by atoms with Gasteiger partial charge in [0.05, 0.1) is 25.8 Å². The molecule has 3 rings (SSSR count). The number of imide groups is 1. The minimum Gasteiger partial charge on any atom is -0.497 e. The number of methoxy groups -OCH3 is 1. The van der Waals surface area contributed by atoms with Gasteiger partial charge in [-0.05, 0) is 54.8 Å². The molecule has 9 heteroatoms. The Hall–Kier alpha value is -4.14. The number of benzene rings is 2. The zero-order chi connectivity index (χ0) is 25.4. The van der Waals surface area contributed by atoms with E-state index in [-0.39, 0.29) is 13.0 Å². The Labute approximate surface area is 203 Å². The van der Waals surface area contributed by atoms with Gasteiger partial charge in [0, 0.05) is 18.7 Å². The Kier molecular flexibility index (Phi) is 8.61. The average Bonchev–Trinajstić information content (AvgIpc) is 3.15. The number of hydrogen-bond acceptors (Lipinski definition) is 6. The summed E-state index contributed by atoms with van der Waals surface area (Å²) in [5.41, 5.74) is 1.28. The fourth-order valence-corrected chi connectivity index (χ4v) is 3.74. The highest BCUT2D eigenvalue weighted by atomic mass is 16.5. The molecule has 2 aromatic carbocycles. The van der Waals surface area contributed by atoms with Gasteiger partial charge in [0.25, 0.3) is 5.91 Å². The molecule has 9 nitrogen and oxygen atoms in total. The van der Waals surface area contributed by atoms with Crippen molar-refractivity contribution in [3.63, 3.8) is 0 Å². The summed E-state index contributed by atoms with van der Waals surface area (Å²) < 4.78 is 10.7. The predicted octanol–water partition coefficient (Wildman–Crippen LogP) is 2.83. The molecule has 0 bridgehead atoms. The van der Waals surface area contributed by atoms with Gasteiger partial charge >= 0.3 is 5.97 Å². The van der Waals surface area contributed by atoms with Gasteiger partial charge in [0.15, 0.2) is 0 Å². The van der Waals surface area contributed by atoms with Crippen LogP contribution >= 0.6 is 0 Å². The van der Waals surface area contributed by atoms with E-state index in [2.05, 4.69) is 0 Å². The van der Waals surface area contributed by atoms with Crippen LogP contribution in [0, 0.1) is 0 Å². The van der Waals surface area contributed by atoms with Gasteiger partial charge in [0.2, 0.25) is 11.8 Å². The number of carboxylic acids is 1. The van der Waals surface area contributed by atoms with E-state index in [0.717, 1.165) is 29.0 Å². The van der Waals surface area contributed by atoms with E-state index in [1.54, 1.807) is 43.5 Å². The smallest absolute Gasteiger partial charge is 0.328 e. The number of aliphatic carboxylic acids is 1. The molecule has 0 aromatic heterocycles. The Morgan fingerprint density at radius 2 is 1.71 bits per heavy atom. The maximum atomic E-state index is 13.3. The van der Waals surface area contributed by atoms with Crippen LogP contribution in [0.25, 0.3) is 0 Å². The number of ether oxygens (including phenoxy) is 2. The van der Waals surface area contributed by atoms with Crippen LogP contribution in [0.1, 0.15) is 25.3 Å². The fraction of sp³-hybridized carbons (Fsp3) is 0.308. The number of nitrogens with zero attached hydrogens (tertiary/aromatic N) is 2. The van der Waals surface area contributed by atoms with Crippen LogP contribution in [-0.4, -0.2) is 60.0 Å². The normalized spacial score (nSPS) is 15.5. The number of anilines is 1. The van der Waals surface area contributed by atoms with Crippen molar-refractivity contribution < 1.29 is 33.8 Å². The van der Waals surface area contributed by atoms with Gasteiger partial charge in [-0.2, -0.15) is 0 Å². The maximum Gasteiger partial charge on any atom is 0.328 e. The van der Waals surface area contributed by atoms with E-state index in [1.807, 2.05) is 19.1 Å².